The Labute approximate surface area is 246 Å². The molecule has 0 saturated carbocycles. The predicted molar refractivity (Wildman–Crippen MR) is 161 cm³/mol. The monoisotopic (exact) mass is 581 g/mol. The molecule has 7 atom stereocenters. The molecule has 41 heavy (non-hydrogen) atoms. The predicted octanol–water partition coefficient (Wildman–Crippen LogP) is 3.59. The van der Waals surface area contributed by atoms with Crippen LogP contribution < -0.4 is 5.32 Å². The molecule has 6 N–H and O–H groups in total. The van der Waals surface area contributed by atoms with E-state index in [0.29, 0.717) is 6.42 Å². The first-order valence-corrected chi connectivity index (χ1v) is 15.4. The molecule has 0 spiro atoms. The highest BCUT2D eigenvalue weighted by molar-refractivity contribution is 5.76. The standard InChI is InChI=1S/C32H55NO8/c1-3-5-7-8-9-10-11-12-13-14-15-16-17-18-20-22-28(36)33-25(26(35)21-19-6-4-2)24-40-32-31(39)30(38)29(37)27(23-34)41-32/h5,7,9-10,12-13,19,21,25-27,29-32,34-35,37-39H,3-4,6,8,11,14-18,20,22-24H2,1-2H3,(H,33,36)/b7-5-,10-9-,13-12-,21-19+. The van der Waals surface area contributed by atoms with Crippen molar-refractivity contribution in [3.63, 3.8) is 0 Å². The normalized spacial score (nSPS) is 25.1. The van der Waals surface area contributed by atoms with Gasteiger partial charge in [0.05, 0.1) is 25.4 Å². The number of rotatable bonds is 22. The fourth-order valence-electron chi connectivity index (χ4n) is 4.35. The maximum atomic E-state index is 12.6. The van der Waals surface area contributed by atoms with Crippen LogP contribution in [-0.2, 0) is 14.3 Å². The molecular formula is C32H55NO8. The van der Waals surface area contributed by atoms with Crippen LogP contribution in [0.1, 0.15) is 90.9 Å². The van der Waals surface area contributed by atoms with Gasteiger partial charge in [0.15, 0.2) is 6.29 Å². The summed E-state index contributed by atoms with van der Waals surface area (Å²) in [6.45, 7) is 3.37. The number of aliphatic hydroxyl groups is 5. The number of unbranched alkanes of at least 4 members (excludes halogenated alkanes) is 6. The molecule has 0 aromatic heterocycles. The van der Waals surface area contributed by atoms with Gasteiger partial charge in [-0.2, -0.15) is 0 Å². The molecule has 0 bridgehead atoms. The van der Waals surface area contributed by atoms with Crippen LogP contribution in [0.15, 0.2) is 48.6 Å². The van der Waals surface area contributed by atoms with E-state index in [1.807, 2.05) is 13.0 Å². The molecule has 1 saturated heterocycles. The van der Waals surface area contributed by atoms with E-state index in [2.05, 4.69) is 48.7 Å². The lowest BCUT2D eigenvalue weighted by molar-refractivity contribution is -0.302. The van der Waals surface area contributed by atoms with Gasteiger partial charge in [0.25, 0.3) is 0 Å². The Morgan fingerprint density at radius 2 is 1.51 bits per heavy atom. The Bertz CT molecular complexity index is 782. The number of allylic oxidation sites excluding steroid dienone is 7. The van der Waals surface area contributed by atoms with Crippen molar-refractivity contribution in [2.24, 2.45) is 0 Å². The first kappa shape index (κ1) is 37.2. The molecule has 0 aliphatic carbocycles. The van der Waals surface area contributed by atoms with E-state index in [1.54, 1.807) is 6.08 Å². The smallest absolute Gasteiger partial charge is 0.220 e. The summed E-state index contributed by atoms with van der Waals surface area (Å²) >= 11 is 0. The van der Waals surface area contributed by atoms with Crippen molar-refractivity contribution < 1.29 is 39.8 Å². The van der Waals surface area contributed by atoms with Gasteiger partial charge in [-0.3, -0.25) is 4.79 Å². The third kappa shape index (κ3) is 16.4. The second kappa shape index (κ2) is 23.7. The van der Waals surface area contributed by atoms with Crippen LogP contribution in [0.2, 0.25) is 0 Å². The van der Waals surface area contributed by atoms with Gasteiger partial charge >= 0.3 is 0 Å². The zero-order valence-corrected chi connectivity index (χ0v) is 25.0. The highest BCUT2D eigenvalue weighted by Gasteiger charge is 2.44. The topological polar surface area (TPSA) is 149 Å². The Hall–Kier alpha value is -1.85. The first-order chi connectivity index (χ1) is 19.8. The fourth-order valence-corrected chi connectivity index (χ4v) is 4.35. The quantitative estimate of drug-likeness (QED) is 0.0839. The van der Waals surface area contributed by atoms with Crippen LogP contribution in [0.25, 0.3) is 0 Å². The van der Waals surface area contributed by atoms with E-state index in [0.717, 1.165) is 70.6 Å². The van der Waals surface area contributed by atoms with E-state index in [9.17, 15) is 30.3 Å². The third-order valence-corrected chi connectivity index (χ3v) is 6.89. The molecule has 7 unspecified atom stereocenters. The van der Waals surface area contributed by atoms with E-state index in [1.165, 1.54) is 0 Å². The highest BCUT2D eigenvalue weighted by atomic mass is 16.7. The number of hydrogen-bond donors (Lipinski definition) is 6. The molecular weight excluding hydrogens is 526 g/mol. The van der Waals surface area contributed by atoms with Gasteiger partial charge in [-0.1, -0.05) is 88.1 Å². The van der Waals surface area contributed by atoms with Gasteiger partial charge in [0.2, 0.25) is 5.91 Å². The average Bonchev–Trinajstić information content (AvgIpc) is 2.96. The minimum Gasteiger partial charge on any atom is -0.394 e. The van der Waals surface area contributed by atoms with E-state index in [-0.39, 0.29) is 12.5 Å². The number of hydrogen-bond acceptors (Lipinski definition) is 8. The summed E-state index contributed by atoms with van der Waals surface area (Å²) in [5.74, 6) is -0.212. The number of carbonyl (C=O) groups is 1. The van der Waals surface area contributed by atoms with Crippen LogP contribution >= 0.6 is 0 Å². The van der Waals surface area contributed by atoms with Crippen LogP contribution in [0, 0.1) is 0 Å². The molecule has 1 aliphatic rings. The number of ether oxygens (including phenoxy) is 2. The minimum atomic E-state index is -1.57. The SMILES string of the molecule is CC/C=C\C/C=C\C/C=C\CCCCCCCC(=O)NC(COC1OC(CO)C(O)C(O)C1O)C(O)/C=C/CCC. The zero-order chi connectivity index (χ0) is 30.3. The van der Waals surface area contributed by atoms with Gasteiger partial charge in [-0.05, 0) is 44.9 Å². The van der Waals surface area contributed by atoms with Gasteiger partial charge in [-0.15, -0.1) is 0 Å². The van der Waals surface area contributed by atoms with Gasteiger partial charge in [0, 0.05) is 6.42 Å². The Kier molecular flexibility index (Phi) is 21.5. The van der Waals surface area contributed by atoms with E-state index in [4.69, 9.17) is 9.47 Å². The summed E-state index contributed by atoms with van der Waals surface area (Å²) in [6.07, 6.45) is 19.6. The van der Waals surface area contributed by atoms with Crippen LogP contribution in [0.5, 0.6) is 0 Å². The summed E-state index contributed by atoms with van der Waals surface area (Å²) in [5, 5.41) is 53.0. The highest BCUT2D eigenvalue weighted by Crippen LogP contribution is 2.22. The Balaban J connectivity index is 2.38. The molecule has 9 heteroatoms. The average molecular weight is 582 g/mol. The van der Waals surface area contributed by atoms with E-state index < -0.39 is 49.5 Å². The molecule has 1 rings (SSSR count). The lowest BCUT2D eigenvalue weighted by Crippen LogP contribution is -2.60. The van der Waals surface area contributed by atoms with Crippen molar-refractivity contribution in [3.8, 4) is 0 Å². The van der Waals surface area contributed by atoms with Gasteiger partial charge in [-0.25, -0.2) is 0 Å². The maximum Gasteiger partial charge on any atom is 0.220 e. The summed E-state index contributed by atoms with van der Waals surface area (Å²) in [5.41, 5.74) is 0. The summed E-state index contributed by atoms with van der Waals surface area (Å²) in [7, 11) is 0. The lowest BCUT2D eigenvalue weighted by Gasteiger charge is -2.40. The summed E-state index contributed by atoms with van der Waals surface area (Å²) < 4.78 is 11.0. The second-order valence-electron chi connectivity index (χ2n) is 10.5. The Morgan fingerprint density at radius 1 is 0.854 bits per heavy atom. The van der Waals surface area contributed by atoms with Crippen molar-refractivity contribution in [1.82, 2.24) is 5.32 Å². The third-order valence-electron chi connectivity index (χ3n) is 6.89. The van der Waals surface area contributed by atoms with Crippen molar-refractivity contribution in [2.75, 3.05) is 13.2 Å². The number of carbonyl (C=O) groups excluding carboxylic acids is 1. The summed E-state index contributed by atoms with van der Waals surface area (Å²) in [4.78, 5) is 12.6. The zero-order valence-electron chi connectivity index (χ0n) is 25.0. The van der Waals surface area contributed by atoms with Gasteiger partial charge in [0.1, 0.15) is 24.4 Å². The molecule has 0 aromatic rings. The largest absolute Gasteiger partial charge is 0.394 e. The minimum absolute atomic E-state index is 0.203. The Morgan fingerprint density at radius 3 is 2.20 bits per heavy atom. The van der Waals surface area contributed by atoms with Crippen molar-refractivity contribution >= 4 is 5.91 Å². The van der Waals surface area contributed by atoms with Crippen LogP contribution in [-0.4, -0.2) is 87.5 Å². The van der Waals surface area contributed by atoms with E-state index >= 15 is 0 Å². The maximum absolute atomic E-state index is 12.6. The molecule has 0 aromatic carbocycles. The molecule has 236 valence electrons. The second-order valence-corrected chi connectivity index (χ2v) is 10.5. The molecule has 1 aliphatic heterocycles. The van der Waals surface area contributed by atoms with Crippen molar-refractivity contribution in [3.05, 3.63) is 48.6 Å². The summed E-state index contributed by atoms with van der Waals surface area (Å²) in [6, 6.07) is -0.808. The van der Waals surface area contributed by atoms with Crippen LogP contribution in [0.3, 0.4) is 0 Å². The number of nitrogens with one attached hydrogen (secondary N) is 1. The van der Waals surface area contributed by atoms with Crippen molar-refractivity contribution in [1.29, 1.82) is 0 Å². The van der Waals surface area contributed by atoms with Crippen LogP contribution in [0.4, 0.5) is 0 Å². The molecule has 9 nitrogen and oxygen atoms in total. The molecule has 1 heterocycles. The molecule has 0 radical (unpaired) electrons. The molecule has 1 amide bonds. The first-order valence-electron chi connectivity index (χ1n) is 15.4. The van der Waals surface area contributed by atoms with Gasteiger partial charge < -0.3 is 40.3 Å². The fraction of sp³-hybridized carbons (Fsp3) is 0.719. The molecule has 1 fully saturated rings. The number of aliphatic hydroxyl groups excluding tert-OH is 5. The lowest BCUT2D eigenvalue weighted by atomic mass is 9.99. The number of amides is 1. The van der Waals surface area contributed by atoms with Crippen molar-refractivity contribution in [2.45, 2.75) is 134 Å².